The SMILES string of the molecule is CCCn1c(C(CN)CC(C)(C)C)nc2ccc(Cl)cc21. The van der Waals surface area contributed by atoms with Crippen LogP contribution in [0, 0.1) is 5.41 Å². The van der Waals surface area contributed by atoms with Crippen LogP contribution in [0.5, 0.6) is 0 Å². The highest BCUT2D eigenvalue weighted by atomic mass is 35.5. The van der Waals surface area contributed by atoms with Crippen molar-refractivity contribution < 1.29 is 0 Å². The molecule has 1 heterocycles. The molecule has 0 bridgehead atoms. The van der Waals surface area contributed by atoms with Gasteiger partial charge in [0.25, 0.3) is 0 Å². The van der Waals surface area contributed by atoms with Crippen LogP contribution < -0.4 is 5.73 Å². The van der Waals surface area contributed by atoms with Gasteiger partial charge >= 0.3 is 0 Å². The summed E-state index contributed by atoms with van der Waals surface area (Å²) >= 11 is 6.15. The zero-order chi connectivity index (χ0) is 15.6. The lowest BCUT2D eigenvalue weighted by atomic mass is 9.84. The Hall–Kier alpha value is -1.06. The second kappa shape index (κ2) is 6.37. The largest absolute Gasteiger partial charge is 0.330 e. The van der Waals surface area contributed by atoms with Crippen LogP contribution >= 0.6 is 11.6 Å². The topological polar surface area (TPSA) is 43.8 Å². The Bertz CT molecular complexity index is 610. The molecule has 1 unspecified atom stereocenters. The van der Waals surface area contributed by atoms with E-state index in [1.807, 2.05) is 18.2 Å². The van der Waals surface area contributed by atoms with Gasteiger partial charge in [-0.05, 0) is 36.5 Å². The number of imidazole rings is 1. The number of hydrogen-bond acceptors (Lipinski definition) is 2. The predicted octanol–water partition coefficient (Wildman–Crippen LogP) is 4.58. The first-order valence-corrected chi connectivity index (χ1v) is 8.09. The molecule has 0 aliphatic rings. The van der Waals surface area contributed by atoms with Gasteiger partial charge in [0.05, 0.1) is 11.0 Å². The lowest BCUT2D eigenvalue weighted by Crippen LogP contribution is -2.22. The van der Waals surface area contributed by atoms with Gasteiger partial charge < -0.3 is 10.3 Å². The van der Waals surface area contributed by atoms with Gasteiger partial charge in [0.2, 0.25) is 0 Å². The molecule has 0 saturated heterocycles. The molecular formula is C17H26ClN3. The van der Waals surface area contributed by atoms with E-state index in [0.29, 0.717) is 6.54 Å². The van der Waals surface area contributed by atoms with Crippen molar-refractivity contribution in [3.63, 3.8) is 0 Å². The van der Waals surface area contributed by atoms with Crippen LogP contribution in [0.2, 0.25) is 5.02 Å². The van der Waals surface area contributed by atoms with E-state index in [2.05, 4.69) is 32.3 Å². The van der Waals surface area contributed by atoms with Crippen LogP contribution in [0.25, 0.3) is 11.0 Å². The summed E-state index contributed by atoms with van der Waals surface area (Å²) in [4.78, 5) is 4.85. The molecule has 0 radical (unpaired) electrons. The van der Waals surface area contributed by atoms with Gasteiger partial charge in [-0.1, -0.05) is 39.3 Å². The van der Waals surface area contributed by atoms with Crippen molar-refractivity contribution in [2.45, 2.75) is 53.0 Å². The smallest absolute Gasteiger partial charge is 0.114 e. The normalized spacial score (nSPS) is 13.8. The number of aryl methyl sites for hydroxylation is 1. The lowest BCUT2D eigenvalue weighted by Gasteiger charge is -2.25. The van der Waals surface area contributed by atoms with Gasteiger partial charge in [0.1, 0.15) is 5.82 Å². The molecule has 0 aliphatic carbocycles. The van der Waals surface area contributed by atoms with E-state index in [4.69, 9.17) is 22.3 Å². The molecule has 2 N–H and O–H groups in total. The number of rotatable bonds is 5. The highest BCUT2D eigenvalue weighted by Crippen LogP contribution is 2.32. The second-order valence-corrected chi connectivity index (χ2v) is 7.39. The third-order valence-electron chi connectivity index (χ3n) is 3.70. The molecule has 1 atom stereocenters. The quantitative estimate of drug-likeness (QED) is 0.878. The first kappa shape index (κ1) is 16.3. The number of nitrogens with two attached hydrogens (primary N) is 1. The van der Waals surface area contributed by atoms with Crippen LogP contribution in [-0.2, 0) is 6.54 Å². The van der Waals surface area contributed by atoms with Gasteiger partial charge in [-0.2, -0.15) is 0 Å². The number of hydrogen-bond donors (Lipinski definition) is 1. The Morgan fingerprint density at radius 1 is 1.33 bits per heavy atom. The minimum atomic E-state index is 0.233. The van der Waals surface area contributed by atoms with Crippen LogP contribution in [0.15, 0.2) is 18.2 Å². The van der Waals surface area contributed by atoms with E-state index in [9.17, 15) is 0 Å². The third-order valence-corrected chi connectivity index (χ3v) is 3.93. The molecule has 2 rings (SSSR count). The monoisotopic (exact) mass is 307 g/mol. The summed E-state index contributed by atoms with van der Waals surface area (Å²) < 4.78 is 2.30. The fourth-order valence-corrected chi connectivity index (χ4v) is 3.07. The molecule has 0 aliphatic heterocycles. The van der Waals surface area contributed by atoms with Crippen molar-refractivity contribution in [2.24, 2.45) is 11.1 Å². The standard InChI is InChI=1S/C17H26ClN3/c1-5-8-21-15-9-13(18)6-7-14(15)20-16(21)12(11-19)10-17(2,3)4/h6-7,9,12H,5,8,10-11,19H2,1-4H3. The number of halogens is 1. The Labute approximate surface area is 132 Å². The second-order valence-electron chi connectivity index (χ2n) is 6.95. The van der Waals surface area contributed by atoms with Crippen LogP contribution in [0.1, 0.15) is 52.3 Å². The summed E-state index contributed by atoms with van der Waals surface area (Å²) in [6.07, 6.45) is 2.10. The van der Waals surface area contributed by atoms with E-state index >= 15 is 0 Å². The summed E-state index contributed by atoms with van der Waals surface area (Å²) in [5.74, 6) is 1.38. The average Bonchev–Trinajstić information content (AvgIpc) is 2.74. The molecule has 2 aromatic rings. The number of fused-ring (bicyclic) bond motifs is 1. The summed E-state index contributed by atoms with van der Waals surface area (Å²) in [6.45, 7) is 10.5. The molecule has 1 aromatic carbocycles. The fraction of sp³-hybridized carbons (Fsp3) is 0.588. The van der Waals surface area contributed by atoms with Crippen molar-refractivity contribution in [2.75, 3.05) is 6.54 Å². The summed E-state index contributed by atoms with van der Waals surface area (Å²) in [6, 6.07) is 5.91. The Balaban J connectivity index is 2.52. The van der Waals surface area contributed by atoms with Crippen molar-refractivity contribution in [3.8, 4) is 0 Å². The molecule has 0 amide bonds. The minimum absolute atomic E-state index is 0.233. The molecule has 0 spiro atoms. The van der Waals surface area contributed by atoms with E-state index < -0.39 is 0 Å². The zero-order valence-corrected chi connectivity index (χ0v) is 14.2. The van der Waals surface area contributed by atoms with E-state index in [0.717, 1.165) is 41.3 Å². The maximum atomic E-state index is 6.15. The summed E-state index contributed by atoms with van der Waals surface area (Å²) in [7, 11) is 0. The molecule has 21 heavy (non-hydrogen) atoms. The first-order valence-electron chi connectivity index (χ1n) is 7.71. The van der Waals surface area contributed by atoms with E-state index in [-0.39, 0.29) is 11.3 Å². The van der Waals surface area contributed by atoms with E-state index in [1.165, 1.54) is 0 Å². The maximum absolute atomic E-state index is 6.15. The van der Waals surface area contributed by atoms with Crippen molar-refractivity contribution >= 4 is 22.6 Å². The Morgan fingerprint density at radius 3 is 2.62 bits per heavy atom. The molecule has 4 heteroatoms. The Kier molecular flexibility index (Phi) is 4.95. The predicted molar refractivity (Wildman–Crippen MR) is 90.9 cm³/mol. The lowest BCUT2D eigenvalue weighted by molar-refractivity contribution is 0.331. The first-order chi connectivity index (χ1) is 9.85. The van der Waals surface area contributed by atoms with Gasteiger partial charge in [-0.3, -0.25) is 0 Å². The average molecular weight is 308 g/mol. The molecule has 1 aromatic heterocycles. The number of aromatic nitrogens is 2. The van der Waals surface area contributed by atoms with Crippen molar-refractivity contribution in [3.05, 3.63) is 29.0 Å². The van der Waals surface area contributed by atoms with Crippen molar-refractivity contribution in [1.82, 2.24) is 9.55 Å². The van der Waals surface area contributed by atoms with Crippen molar-refractivity contribution in [1.29, 1.82) is 0 Å². The van der Waals surface area contributed by atoms with Gasteiger partial charge in [-0.25, -0.2) is 4.98 Å². The third kappa shape index (κ3) is 3.78. The minimum Gasteiger partial charge on any atom is -0.330 e. The Morgan fingerprint density at radius 2 is 2.05 bits per heavy atom. The van der Waals surface area contributed by atoms with E-state index in [1.54, 1.807) is 0 Å². The summed E-state index contributed by atoms with van der Waals surface area (Å²) in [5, 5.41) is 0.756. The summed E-state index contributed by atoms with van der Waals surface area (Å²) in [5.41, 5.74) is 8.41. The van der Waals surface area contributed by atoms with Crippen LogP contribution in [-0.4, -0.2) is 16.1 Å². The van der Waals surface area contributed by atoms with Crippen LogP contribution in [0.4, 0.5) is 0 Å². The zero-order valence-electron chi connectivity index (χ0n) is 13.5. The van der Waals surface area contributed by atoms with Gasteiger partial charge in [0, 0.05) is 24.0 Å². The molecule has 3 nitrogen and oxygen atoms in total. The molecule has 116 valence electrons. The maximum Gasteiger partial charge on any atom is 0.114 e. The highest BCUT2D eigenvalue weighted by molar-refractivity contribution is 6.31. The highest BCUT2D eigenvalue weighted by Gasteiger charge is 2.24. The van der Waals surface area contributed by atoms with Crippen LogP contribution in [0.3, 0.4) is 0 Å². The molecular weight excluding hydrogens is 282 g/mol. The fourth-order valence-electron chi connectivity index (χ4n) is 2.90. The number of nitrogens with zero attached hydrogens (tertiary/aromatic N) is 2. The number of benzene rings is 1. The molecule has 0 saturated carbocycles. The van der Waals surface area contributed by atoms with Gasteiger partial charge in [0.15, 0.2) is 0 Å². The molecule has 0 fully saturated rings. The van der Waals surface area contributed by atoms with Gasteiger partial charge in [-0.15, -0.1) is 0 Å².